The lowest BCUT2D eigenvalue weighted by atomic mass is 10.1. The van der Waals surface area contributed by atoms with Crippen molar-refractivity contribution in [3.05, 3.63) is 81.5 Å². The highest BCUT2D eigenvalue weighted by atomic mass is 32.2. The number of nitrogens with zero attached hydrogens (tertiary/aromatic N) is 3. The lowest BCUT2D eigenvalue weighted by Gasteiger charge is -2.19. The number of aryl methyl sites for hydroxylation is 1. The standard InChI is InChI=1S/C21H13F6N3O2S/c1-11-8-13(32-29-11)10-33-19-28-16-5-3-2-4-14(16)18(31)30(19)17-9-12(20(22,23)24)6-7-15(17)21(25,26)27/h2-9H,10H2,1H3. The molecule has 0 bridgehead atoms. The lowest BCUT2D eigenvalue weighted by Crippen LogP contribution is -2.25. The Kier molecular flexibility index (Phi) is 5.72. The van der Waals surface area contributed by atoms with Crippen molar-refractivity contribution >= 4 is 22.7 Å². The first kappa shape index (κ1) is 22.9. The Morgan fingerprint density at radius 3 is 2.36 bits per heavy atom. The molecule has 4 rings (SSSR count). The molecule has 12 heteroatoms. The number of fused-ring (bicyclic) bond motifs is 1. The second-order valence-electron chi connectivity index (χ2n) is 7.00. The molecule has 4 aromatic rings. The molecule has 0 radical (unpaired) electrons. The quantitative estimate of drug-likeness (QED) is 0.201. The van der Waals surface area contributed by atoms with Crippen molar-refractivity contribution in [3.8, 4) is 5.69 Å². The molecule has 0 saturated heterocycles. The Labute approximate surface area is 186 Å². The van der Waals surface area contributed by atoms with E-state index in [1.54, 1.807) is 19.1 Å². The largest absolute Gasteiger partial charge is 0.418 e. The summed E-state index contributed by atoms with van der Waals surface area (Å²) in [6.07, 6.45) is -9.94. The fraction of sp³-hybridized carbons (Fsp3) is 0.190. The number of benzene rings is 2. The van der Waals surface area contributed by atoms with Gasteiger partial charge in [0.1, 0.15) is 5.76 Å². The molecule has 33 heavy (non-hydrogen) atoms. The van der Waals surface area contributed by atoms with Gasteiger partial charge in [0.05, 0.1) is 39.2 Å². The maximum absolute atomic E-state index is 13.7. The zero-order valence-corrected chi connectivity index (χ0v) is 17.5. The van der Waals surface area contributed by atoms with Crippen LogP contribution in [-0.2, 0) is 18.1 Å². The SMILES string of the molecule is Cc1cc(CSc2nc3ccccc3c(=O)n2-c2cc(C(F)(F)F)ccc2C(F)(F)F)on1. The van der Waals surface area contributed by atoms with Gasteiger partial charge in [0.15, 0.2) is 5.16 Å². The van der Waals surface area contributed by atoms with Gasteiger partial charge in [-0.25, -0.2) is 4.98 Å². The summed E-state index contributed by atoms with van der Waals surface area (Å²) in [7, 11) is 0. The first-order chi connectivity index (χ1) is 15.4. The van der Waals surface area contributed by atoms with Crippen molar-refractivity contribution in [1.82, 2.24) is 14.7 Å². The molecule has 0 N–H and O–H groups in total. The molecular weight excluding hydrogens is 472 g/mol. The summed E-state index contributed by atoms with van der Waals surface area (Å²) in [5.41, 5.74) is -3.86. The van der Waals surface area contributed by atoms with Crippen LogP contribution in [0, 0.1) is 6.92 Å². The molecule has 0 saturated carbocycles. The molecule has 5 nitrogen and oxygen atoms in total. The highest BCUT2D eigenvalue weighted by molar-refractivity contribution is 7.98. The van der Waals surface area contributed by atoms with Gasteiger partial charge in [-0.2, -0.15) is 26.3 Å². The maximum Gasteiger partial charge on any atom is 0.418 e. The minimum atomic E-state index is -5.02. The van der Waals surface area contributed by atoms with Gasteiger partial charge in [0, 0.05) is 6.07 Å². The van der Waals surface area contributed by atoms with Crippen molar-refractivity contribution in [3.63, 3.8) is 0 Å². The molecule has 0 unspecified atom stereocenters. The molecule has 2 aromatic heterocycles. The number of hydrogen-bond donors (Lipinski definition) is 0. The minimum Gasteiger partial charge on any atom is -0.360 e. The number of hydrogen-bond acceptors (Lipinski definition) is 5. The summed E-state index contributed by atoms with van der Waals surface area (Å²) in [6, 6.07) is 8.43. The lowest BCUT2D eigenvalue weighted by molar-refractivity contribution is -0.141. The van der Waals surface area contributed by atoms with E-state index in [1.807, 2.05) is 0 Å². The first-order valence-electron chi connectivity index (χ1n) is 9.31. The van der Waals surface area contributed by atoms with E-state index in [0.29, 0.717) is 34.2 Å². The van der Waals surface area contributed by atoms with Gasteiger partial charge in [0.25, 0.3) is 5.56 Å². The Bertz CT molecular complexity index is 1390. The molecule has 0 aliphatic carbocycles. The van der Waals surface area contributed by atoms with Crippen LogP contribution in [0.15, 0.2) is 63.0 Å². The van der Waals surface area contributed by atoms with Gasteiger partial charge in [-0.1, -0.05) is 29.1 Å². The molecule has 0 aliphatic heterocycles. The number of aromatic nitrogens is 3. The van der Waals surface area contributed by atoms with Crippen LogP contribution in [0.25, 0.3) is 16.6 Å². The summed E-state index contributed by atoms with van der Waals surface area (Å²) >= 11 is 0.840. The third kappa shape index (κ3) is 4.61. The van der Waals surface area contributed by atoms with Crippen LogP contribution in [-0.4, -0.2) is 14.7 Å². The van der Waals surface area contributed by atoms with E-state index in [0.717, 1.165) is 11.8 Å². The van der Waals surface area contributed by atoms with Gasteiger partial charge in [-0.15, -0.1) is 0 Å². The van der Waals surface area contributed by atoms with Crippen LogP contribution in [0.1, 0.15) is 22.6 Å². The maximum atomic E-state index is 13.7. The Balaban J connectivity index is 1.99. The second-order valence-corrected chi connectivity index (χ2v) is 7.95. The average molecular weight is 485 g/mol. The van der Waals surface area contributed by atoms with E-state index in [2.05, 4.69) is 10.1 Å². The van der Waals surface area contributed by atoms with Crippen molar-refractivity contribution in [2.24, 2.45) is 0 Å². The van der Waals surface area contributed by atoms with E-state index < -0.39 is 34.7 Å². The summed E-state index contributed by atoms with van der Waals surface area (Å²) in [6.45, 7) is 1.67. The number of rotatable bonds is 4. The molecule has 172 valence electrons. The highest BCUT2D eigenvalue weighted by Crippen LogP contribution is 2.39. The number of alkyl halides is 6. The Morgan fingerprint density at radius 1 is 1.00 bits per heavy atom. The molecule has 2 heterocycles. The molecule has 0 atom stereocenters. The van der Waals surface area contributed by atoms with Gasteiger partial charge in [-0.3, -0.25) is 9.36 Å². The zero-order valence-electron chi connectivity index (χ0n) is 16.7. The first-order valence-corrected chi connectivity index (χ1v) is 10.3. The van der Waals surface area contributed by atoms with Crippen LogP contribution >= 0.6 is 11.8 Å². The Hall–Kier alpha value is -3.28. The van der Waals surface area contributed by atoms with Gasteiger partial charge >= 0.3 is 12.4 Å². The average Bonchev–Trinajstić information content (AvgIpc) is 3.16. The molecule has 0 spiro atoms. The third-order valence-corrected chi connectivity index (χ3v) is 5.60. The Morgan fingerprint density at radius 2 is 1.73 bits per heavy atom. The smallest absolute Gasteiger partial charge is 0.360 e. The van der Waals surface area contributed by atoms with E-state index in [-0.39, 0.29) is 21.8 Å². The summed E-state index contributed by atoms with van der Waals surface area (Å²) in [4.78, 5) is 17.5. The van der Waals surface area contributed by atoms with Crippen LogP contribution in [0.5, 0.6) is 0 Å². The normalized spacial score (nSPS) is 12.5. The van der Waals surface area contributed by atoms with E-state index in [9.17, 15) is 31.1 Å². The van der Waals surface area contributed by atoms with Crippen molar-refractivity contribution in [2.75, 3.05) is 0 Å². The summed E-state index contributed by atoms with van der Waals surface area (Å²) in [5.74, 6) is 0.387. The van der Waals surface area contributed by atoms with E-state index in [4.69, 9.17) is 4.52 Å². The van der Waals surface area contributed by atoms with Crippen molar-refractivity contribution in [2.45, 2.75) is 30.2 Å². The number of para-hydroxylation sites is 1. The van der Waals surface area contributed by atoms with Crippen molar-refractivity contribution < 1.29 is 30.9 Å². The van der Waals surface area contributed by atoms with Crippen LogP contribution < -0.4 is 5.56 Å². The van der Waals surface area contributed by atoms with Crippen LogP contribution in [0.2, 0.25) is 0 Å². The topological polar surface area (TPSA) is 60.9 Å². The fourth-order valence-electron chi connectivity index (χ4n) is 3.17. The molecule has 2 aromatic carbocycles. The second kappa shape index (κ2) is 8.25. The van der Waals surface area contributed by atoms with Gasteiger partial charge in [0.2, 0.25) is 0 Å². The molecule has 0 amide bonds. The van der Waals surface area contributed by atoms with E-state index in [1.165, 1.54) is 18.2 Å². The molecule has 0 fully saturated rings. The highest BCUT2D eigenvalue weighted by Gasteiger charge is 2.38. The molecular formula is C21H13F6N3O2S. The third-order valence-electron chi connectivity index (χ3n) is 4.64. The monoisotopic (exact) mass is 485 g/mol. The van der Waals surface area contributed by atoms with Crippen molar-refractivity contribution in [1.29, 1.82) is 0 Å². The van der Waals surface area contributed by atoms with E-state index >= 15 is 0 Å². The summed E-state index contributed by atoms with van der Waals surface area (Å²) in [5, 5.41) is 3.45. The molecule has 0 aliphatic rings. The van der Waals surface area contributed by atoms with Gasteiger partial charge < -0.3 is 4.52 Å². The summed E-state index contributed by atoms with van der Waals surface area (Å²) < 4.78 is 86.9. The minimum absolute atomic E-state index is 0.0337. The van der Waals surface area contributed by atoms with Crippen LogP contribution in [0.4, 0.5) is 26.3 Å². The number of thioether (sulfide) groups is 1. The predicted molar refractivity (Wildman–Crippen MR) is 108 cm³/mol. The van der Waals surface area contributed by atoms with Crippen LogP contribution in [0.3, 0.4) is 0 Å². The fourth-order valence-corrected chi connectivity index (χ4v) is 4.05. The number of halogens is 6. The zero-order chi connectivity index (χ0) is 24.0. The predicted octanol–water partition coefficient (Wildman–Crippen LogP) is 6.01. The van der Waals surface area contributed by atoms with Gasteiger partial charge in [-0.05, 0) is 37.3 Å².